The molecular weight excluding hydrogens is 226 g/mol. The number of alkyl halides is 1. The third-order valence-corrected chi connectivity index (χ3v) is 3.02. The van der Waals surface area contributed by atoms with Crippen molar-refractivity contribution in [3.63, 3.8) is 0 Å². The van der Waals surface area contributed by atoms with Crippen molar-refractivity contribution in [2.45, 2.75) is 31.7 Å². The van der Waals surface area contributed by atoms with Crippen LogP contribution in [0.3, 0.4) is 0 Å². The van der Waals surface area contributed by atoms with Crippen LogP contribution >= 0.6 is 0 Å². The maximum Gasteiger partial charge on any atom is 0.283 e. The van der Waals surface area contributed by atoms with E-state index >= 15 is 0 Å². The summed E-state index contributed by atoms with van der Waals surface area (Å²) in [6, 6.07) is 5.86. The summed E-state index contributed by atoms with van der Waals surface area (Å²) in [5.74, 6) is -0.497. The zero-order chi connectivity index (χ0) is 12.6. The summed E-state index contributed by atoms with van der Waals surface area (Å²) in [4.78, 5) is 3.93. The second kappa shape index (κ2) is 3.98. The summed E-state index contributed by atoms with van der Waals surface area (Å²) >= 11 is 0. The fraction of sp³-hybridized carbons (Fsp3) is 0.417. The Kier molecular flexibility index (Phi) is 2.77. The van der Waals surface area contributed by atoms with Gasteiger partial charge in [-0.2, -0.15) is 0 Å². The maximum absolute atomic E-state index is 14.2. The lowest BCUT2D eigenvalue weighted by Gasteiger charge is -2.37. The van der Waals surface area contributed by atoms with Gasteiger partial charge in [0.15, 0.2) is 6.17 Å². The minimum atomic E-state index is -1.45. The molecule has 3 atom stereocenters. The van der Waals surface area contributed by atoms with Crippen molar-refractivity contribution < 1.29 is 13.5 Å². The van der Waals surface area contributed by atoms with E-state index in [2.05, 4.69) is 4.99 Å². The molecule has 2 N–H and O–H groups in total. The van der Waals surface area contributed by atoms with E-state index in [1.165, 1.54) is 19.1 Å². The molecular formula is C12H14F2N2O. The van der Waals surface area contributed by atoms with Crippen LogP contribution in [0.2, 0.25) is 0 Å². The highest BCUT2D eigenvalue weighted by Crippen LogP contribution is 2.37. The van der Waals surface area contributed by atoms with E-state index in [0.29, 0.717) is 0 Å². The Morgan fingerprint density at radius 1 is 1.41 bits per heavy atom. The molecule has 0 unspecified atom stereocenters. The SMILES string of the molecule is C[C@@H]1OC(N)=N[C@](C)(c2ccccc2F)[C@H]1F. The number of nitrogens with zero attached hydrogens (tertiary/aromatic N) is 1. The molecule has 1 aromatic rings. The predicted molar refractivity (Wildman–Crippen MR) is 60.8 cm³/mol. The molecule has 0 radical (unpaired) electrons. The van der Waals surface area contributed by atoms with Gasteiger partial charge in [-0.05, 0) is 19.9 Å². The molecule has 5 heteroatoms. The van der Waals surface area contributed by atoms with Crippen LogP contribution in [0.5, 0.6) is 0 Å². The Morgan fingerprint density at radius 3 is 2.71 bits per heavy atom. The van der Waals surface area contributed by atoms with Crippen molar-refractivity contribution in [2.75, 3.05) is 0 Å². The fourth-order valence-electron chi connectivity index (χ4n) is 2.10. The zero-order valence-corrected chi connectivity index (χ0v) is 9.65. The summed E-state index contributed by atoms with van der Waals surface area (Å²) in [5.41, 5.74) is 4.33. The fourth-order valence-corrected chi connectivity index (χ4v) is 2.10. The maximum atomic E-state index is 14.2. The van der Waals surface area contributed by atoms with E-state index in [-0.39, 0.29) is 11.6 Å². The number of halogens is 2. The highest BCUT2D eigenvalue weighted by molar-refractivity contribution is 5.73. The average molecular weight is 240 g/mol. The van der Waals surface area contributed by atoms with Gasteiger partial charge in [0.1, 0.15) is 17.5 Å². The molecule has 0 aromatic heterocycles. The summed E-state index contributed by atoms with van der Waals surface area (Å²) in [6.07, 6.45) is -2.20. The number of aliphatic imine (C=N–C) groups is 1. The van der Waals surface area contributed by atoms with Gasteiger partial charge in [0.05, 0.1) is 0 Å². The Balaban J connectivity index is 2.55. The highest BCUT2D eigenvalue weighted by atomic mass is 19.1. The summed E-state index contributed by atoms with van der Waals surface area (Å²) in [7, 11) is 0. The molecule has 0 spiro atoms. The molecule has 1 aliphatic heterocycles. The first-order valence-corrected chi connectivity index (χ1v) is 5.36. The van der Waals surface area contributed by atoms with Crippen LogP contribution < -0.4 is 5.73 Å². The molecule has 0 amide bonds. The normalized spacial score (nSPS) is 32.8. The van der Waals surface area contributed by atoms with Crippen molar-refractivity contribution in [2.24, 2.45) is 10.7 Å². The molecule has 3 nitrogen and oxygen atoms in total. The van der Waals surface area contributed by atoms with Gasteiger partial charge in [0, 0.05) is 5.56 Å². The summed E-state index contributed by atoms with van der Waals surface area (Å²) in [5, 5.41) is 0. The van der Waals surface area contributed by atoms with Crippen LogP contribution in [-0.4, -0.2) is 18.3 Å². The monoisotopic (exact) mass is 240 g/mol. The van der Waals surface area contributed by atoms with Crippen molar-refractivity contribution in [1.29, 1.82) is 0 Å². The van der Waals surface area contributed by atoms with Crippen LogP contribution in [0.15, 0.2) is 29.3 Å². The van der Waals surface area contributed by atoms with Crippen LogP contribution in [0.4, 0.5) is 8.78 Å². The predicted octanol–water partition coefficient (Wildman–Crippen LogP) is 2.11. The summed E-state index contributed by atoms with van der Waals surface area (Å²) in [6.45, 7) is 3.06. The lowest BCUT2D eigenvalue weighted by atomic mass is 9.84. The Morgan fingerprint density at radius 2 is 2.06 bits per heavy atom. The van der Waals surface area contributed by atoms with Gasteiger partial charge in [-0.1, -0.05) is 18.2 Å². The lowest BCUT2D eigenvalue weighted by Crippen LogP contribution is -2.48. The van der Waals surface area contributed by atoms with Gasteiger partial charge in [-0.15, -0.1) is 0 Å². The third kappa shape index (κ3) is 1.85. The molecule has 1 heterocycles. The molecule has 2 rings (SSSR count). The van der Waals surface area contributed by atoms with Crippen molar-refractivity contribution in [3.05, 3.63) is 35.6 Å². The van der Waals surface area contributed by atoms with Crippen LogP contribution in [0, 0.1) is 5.82 Å². The number of rotatable bonds is 1. The summed E-state index contributed by atoms with van der Waals surface area (Å²) < 4.78 is 32.9. The van der Waals surface area contributed by atoms with Crippen LogP contribution in [0.1, 0.15) is 19.4 Å². The van der Waals surface area contributed by atoms with E-state index in [0.717, 1.165) is 0 Å². The molecule has 0 bridgehead atoms. The Bertz CT molecular complexity index is 464. The molecule has 0 saturated heterocycles. The topological polar surface area (TPSA) is 47.6 Å². The number of benzene rings is 1. The van der Waals surface area contributed by atoms with Crippen LogP contribution in [-0.2, 0) is 10.3 Å². The van der Waals surface area contributed by atoms with E-state index < -0.39 is 23.6 Å². The first kappa shape index (κ1) is 11.8. The van der Waals surface area contributed by atoms with Gasteiger partial charge in [-0.25, -0.2) is 13.8 Å². The minimum absolute atomic E-state index is 0.114. The van der Waals surface area contributed by atoms with Crippen molar-refractivity contribution in [1.82, 2.24) is 0 Å². The molecule has 1 aliphatic rings. The number of ether oxygens (including phenoxy) is 1. The van der Waals surface area contributed by atoms with E-state index in [4.69, 9.17) is 10.5 Å². The third-order valence-electron chi connectivity index (χ3n) is 3.02. The minimum Gasteiger partial charge on any atom is -0.459 e. The highest BCUT2D eigenvalue weighted by Gasteiger charge is 2.45. The van der Waals surface area contributed by atoms with E-state index in [9.17, 15) is 8.78 Å². The number of hydrogen-bond donors (Lipinski definition) is 1. The molecule has 0 saturated carbocycles. The van der Waals surface area contributed by atoms with Gasteiger partial charge in [0.25, 0.3) is 6.02 Å². The van der Waals surface area contributed by atoms with Gasteiger partial charge in [0.2, 0.25) is 0 Å². The number of hydrogen-bond acceptors (Lipinski definition) is 3. The standard InChI is InChI=1S/C12H14F2N2O/c1-7-10(14)12(2,16-11(15)17-7)8-5-3-4-6-9(8)13/h3-7,10H,1-2H3,(H2,15,16)/t7-,10-,12+/m0/s1. The first-order chi connectivity index (χ1) is 7.95. The van der Waals surface area contributed by atoms with Gasteiger partial charge in [-0.3, -0.25) is 0 Å². The van der Waals surface area contributed by atoms with Crippen molar-refractivity contribution in [3.8, 4) is 0 Å². The molecule has 0 fully saturated rings. The number of nitrogens with two attached hydrogens (primary N) is 1. The Hall–Kier alpha value is -1.65. The lowest BCUT2D eigenvalue weighted by molar-refractivity contribution is 0.0298. The van der Waals surface area contributed by atoms with Crippen molar-refractivity contribution >= 4 is 6.02 Å². The second-order valence-electron chi connectivity index (χ2n) is 4.30. The van der Waals surface area contributed by atoms with E-state index in [1.807, 2.05) is 0 Å². The number of amidine groups is 1. The molecule has 0 aliphatic carbocycles. The second-order valence-corrected chi connectivity index (χ2v) is 4.30. The first-order valence-electron chi connectivity index (χ1n) is 5.36. The van der Waals surface area contributed by atoms with E-state index in [1.54, 1.807) is 19.1 Å². The Labute approximate surface area is 98.3 Å². The molecule has 1 aromatic carbocycles. The molecule has 17 heavy (non-hydrogen) atoms. The van der Waals surface area contributed by atoms with Crippen LogP contribution in [0.25, 0.3) is 0 Å². The zero-order valence-electron chi connectivity index (χ0n) is 9.65. The molecule has 92 valence electrons. The smallest absolute Gasteiger partial charge is 0.283 e. The van der Waals surface area contributed by atoms with Gasteiger partial charge >= 0.3 is 0 Å². The average Bonchev–Trinajstić information content (AvgIpc) is 2.26. The quantitative estimate of drug-likeness (QED) is 0.817. The largest absolute Gasteiger partial charge is 0.459 e. The van der Waals surface area contributed by atoms with Gasteiger partial charge < -0.3 is 10.5 Å².